The maximum Gasteiger partial charge on any atom is 0.305 e. The maximum atomic E-state index is 11.0. The molecule has 0 aromatic carbocycles. The van der Waals surface area contributed by atoms with Crippen molar-refractivity contribution in [2.24, 2.45) is 0 Å². The van der Waals surface area contributed by atoms with Crippen LogP contribution < -0.4 is 5.11 Å². The number of hydrogen-bond donors (Lipinski definition) is 1. The Morgan fingerprint density at radius 2 is 1.85 bits per heavy atom. The van der Waals surface area contributed by atoms with Crippen molar-refractivity contribution >= 4 is 11.9 Å². The Bertz CT molecular complexity index is 312. The van der Waals surface area contributed by atoms with Gasteiger partial charge in [-0.3, -0.25) is 4.79 Å². The Morgan fingerprint density at radius 1 is 1.25 bits per heavy atom. The van der Waals surface area contributed by atoms with Gasteiger partial charge in [-0.25, -0.2) is 0 Å². The number of rotatable bonds is 10. The Balaban J connectivity index is 3.89. The van der Waals surface area contributed by atoms with Crippen LogP contribution in [-0.2, 0) is 19.1 Å². The summed E-state index contributed by atoms with van der Waals surface area (Å²) < 4.78 is 10.2. The third-order valence-corrected chi connectivity index (χ3v) is 2.78. The highest BCUT2D eigenvalue weighted by molar-refractivity contribution is 5.69. The van der Waals surface area contributed by atoms with E-state index < -0.39 is 18.1 Å². The molecule has 20 heavy (non-hydrogen) atoms. The normalized spacial score (nSPS) is 14.7. The molecule has 0 aliphatic carbocycles. The van der Waals surface area contributed by atoms with Crippen molar-refractivity contribution in [2.45, 2.75) is 31.9 Å². The monoisotopic (exact) mass is 291 g/mol. The molecule has 0 heterocycles. The van der Waals surface area contributed by atoms with Crippen LogP contribution in [0.2, 0.25) is 0 Å². The van der Waals surface area contributed by atoms with Crippen molar-refractivity contribution in [1.82, 2.24) is 0 Å². The summed E-state index contributed by atoms with van der Waals surface area (Å²) in [5.74, 6) is -1.51. The van der Waals surface area contributed by atoms with Crippen LogP contribution in [-0.4, -0.2) is 74.6 Å². The zero-order valence-corrected chi connectivity index (χ0v) is 12.6. The number of carbonyl (C=O) groups is 2. The largest absolute Gasteiger partial charge is 0.544 e. The number of aliphatic hydroxyl groups is 1. The fourth-order valence-corrected chi connectivity index (χ4v) is 1.58. The molecule has 118 valence electrons. The highest BCUT2D eigenvalue weighted by atomic mass is 16.5. The number of likely N-dealkylation sites (N-methyl/N-ethyl adjacent to an activating group) is 1. The summed E-state index contributed by atoms with van der Waals surface area (Å²) in [6.45, 7) is 1.73. The maximum absolute atomic E-state index is 11.0. The first-order valence-electron chi connectivity index (χ1n) is 6.61. The van der Waals surface area contributed by atoms with Gasteiger partial charge in [-0.05, 0) is 0 Å². The molecule has 0 aromatic heterocycles. The van der Waals surface area contributed by atoms with Gasteiger partial charge in [0.25, 0.3) is 0 Å². The van der Waals surface area contributed by atoms with Gasteiger partial charge in [-0.15, -0.1) is 0 Å². The summed E-state index contributed by atoms with van der Waals surface area (Å²) in [5, 5.41) is 20.5. The molecule has 0 amide bonds. The third-order valence-electron chi connectivity index (χ3n) is 2.78. The van der Waals surface area contributed by atoms with Crippen molar-refractivity contribution in [3.05, 3.63) is 0 Å². The molecule has 0 aromatic rings. The van der Waals surface area contributed by atoms with Crippen LogP contribution in [0.15, 0.2) is 0 Å². The number of hydrogen-bond acceptors (Lipinski definition) is 6. The van der Waals surface area contributed by atoms with Crippen molar-refractivity contribution in [2.75, 3.05) is 41.0 Å². The second kappa shape index (κ2) is 8.89. The van der Waals surface area contributed by atoms with Gasteiger partial charge in [0.05, 0.1) is 40.3 Å². The molecular formula is C13H25NO6. The van der Waals surface area contributed by atoms with Gasteiger partial charge >= 0.3 is 5.97 Å². The molecule has 0 rings (SSSR count). The average molecular weight is 291 g/mol. The molecule has 0 saturated heterocycles. The predicted molar refractivity (Wildman–Crippen MR) is 69.5 cm³/mol. The van der Waals surface area contributed by atoms with Gasteiger partial charge in [0, 0.05) is 12.8 Å². The van der Waals surface area contributed by atoms with Gasteiger partial charge in [-0.1, -0.05) is 6.92 Å². The lowest BCUT2D eigenvalue weighted by Gasteiger charge is -2.34. The number of aliphatic hydroxyl groups excluding tert-OH is 1. The Morgan fingerprint density at radius 3 is 2.30 bits per heavy atom. The van der Waals surface area contributed by atoms with E-state index in [1.54, 1.807) is 28.1 Å². The van der Waals surface area contributed by atoms with Crippen LogP contribution in [0, 0.1) is 0 Å². The smallest absolute Gasteiger partial charge is 0.305 e. The number of carboxylic acids is 1. The number of carboxylic acid groups (broad SMARTS) is 1. The SMILES string of the molecule is CCC(=O)OCC(O)COCCC(C(=O)[O-])[N+](C)(C)C. The molecular weight excluding hydrogens is 266 g/mol. The number of quaternary nitrogens is 1. The van der Waals surface area contributed by atoms with E-state index in [0.717, 1.165) is 0 Å². The number of esters is 1. The molecule has 1 N–H and O–H groups in total. The first kappa shape index (κ1) is 18.8. The van der Waals surface area contributed by atoms with Crippen LogP contribution in [0.4, 0.5) is 0 Å². The van der Waals surface area contributed by atoms with Gasteiger partial charge in [0.15, 0.2) is 0 Å². The molecule has 0 spiro atoms. The van der Waals surface area contributed by atoms with E-state index in [1.165, 1.54) is 0 Å². The van der Waals surface area contributed by atoms with Crippen LogP contribution >= 0.6 is 0 Å². The lowest BCUT2D eigenvalue weighted by molar-refractivity contribution is -0.889. The number of aliphatic carboxylic acids is 1. The van der Waals surface area contributed by atoms with E-state index >= 15 is 0 Å². The molecule has 2 atom stereocenters. The number of carbonyl (C=O) groups excluding carboxylic acids is 2. The highest BCUT2D eigenvalue weighted by Gasteiger charge is 2.24. The fourth-order valence-electron chi connectivity index (χ4n) is 1.58. The van der Waals surface area contributed by atoms with Crippen LogP contribution in [0.25, 0.3) is 0 Å². The van der Waals surface area contributed by atoms with Crippen LogP contribution in [0.5, 0.6) is 0 Å². The summed E-state index contributed by atoms with van der Waals surface area (Å²) in [5.41, 5.74) is 0. The second-order valence-electron chi connectivity index (χ2n) is 5.51. The Kier molecular flexibility index (Phi) is 8.36. The van der Waals surface area contributed by atoms with Crippen molar-refractivity contribution in [1.29, 1.82) is 0 Å². The summed E-state index contributed by atoms with van der Waals surface area (Å²) in [6.07, 6.45) is -0.367. The minimum absolute atomic E-state index is 0.00605. The molecule has 7 nitrogen and oxygen atoms in total. The van der Waals surface area contributed by atoms with Gasteiger partial charge in [-0.2, -0.15) is 0 Å². The Hall–Kier alpha value is -1.18. The van der Waals surface area contributed by atoms with Gasteiger partial charge in [0.1, 0.15) is 18.8 Å². The zero-order valence-electron chi connectivity index (χ0n) is 12.6. The zero-order chi connectivity index (χ0) is 15.8. The van der Waals surface area contributed by atoms with Crippen molar-refractivity contribution in [3.63, 3.8) is 0 Å². The lowest BCUT2D eigenvalue weighted by Crippen LogP contribution is -2.55. The predicted octanol–water partition coefficient (Wildman–Crippen LogP) is -1.47. The minimum Gasteiger partial charge on any atom is -0.544 e. The van der Waals surface area contributed by atoms with Gasteiger partial charge in [0.2, 0.25) is 0 Å². The third kappa shape index (κ3) is 8.08. The van der Waals surface area contributed by atoms with Crippen LogP contribution in [0.1, 0.15) is 19.8 Å². The summed E-state index contributed by atoms with van der Waals surface area (Å²) in [4.78, 5) is 21.9. The standard InChI is InChI=1S/C13H25NO6/c1-5-12(16)20-9-10(15)8-19-7-6-11(13(17)18)14(2,3)4/h10-11,15H,5-9H2,1-4H3. The molecule has 0 fully saturated rings. The van der Waals surface area contributed by atoms with E-state index in [-0.39, 0.29) is 43.1 Å². The van der Waals surface area contributed by atoms with E-state index in [0.29, 0.717) is 0 Å². The summed E-state index contributed by atoms with van der Waals surface area (Å²) >= 11 is 0. The first-order chi connectivity index (χ1) is 9.18. The minimum atomic E-state index is -1.13. The quantitative estimate of drug-likeness (QED) is 0.300. The number of nitrogens with zero attached hydrogens (tertiary/aromatic N) is 1. The van der Waals surface area contributed by atoms with Crippen molar-refractivity contribution in [3.8, 4) is 0 Å². The van der Waals surface area contributed by atoms with E-state index in [4.69, 9.17) is 9.47 Å². The summed E-state index contributed by atoms with van der Waals surface area (Å²) in [6, 6.07) is -0.676. The highest BCUT2D eigenvalue weighted by Crippen LogP contribution is 2.07. The molecule has 0 saturated carbocycles. The van der Waals surface area contributed by atoms with Crippen LogP contribution in [0.3, 0.4) is 0 Å². The summed E-state index contributed by atoms with van der Waals surface area (Å²) in [7, 11) is 5.29. The molecule has 0 aliphatic rings. The average Bonchev–Trinajstić information content (AvgIpc) is 2.33. The second-order valence-corrected chi connectivity index (χ2v) is 5.51. The number of ether oxygens (including phenoxy) is 2. The first-order valence-corrected chi connectivity index (χ1v) is 6.61. The molecule has 0 bridgehead atoms. The Labute approximate surface area is 119 Å². The molecule has 0 aliphatic heterocycles. The topological polar surface area (TPSA) is 95.9 Å². The van der Waals surface area contributed by atoms with Gasteiger partial charge < -0.3 is 29.0 Å². The van der Waals surface area contributed by atoms with E-state index in [1.807, 2.05) is 0 Å². The molecule has 2 unspecified atom stereocenters. The fraction of sp³-hybridized carbons (Fsp3) is 0.846. The molecule has 0 radical (unpaired) electrons. The van der Waals surface area contributed by atoms with E-state index in [9.17, 15) is 19.8 Å². The lowest BCUT2D eigenvalue weighted by atomic mass is 10.1. The molecule has 7 heteroatoms. The van der Waals surface area contributed by atoms with E-state index in [2.05, 4.69) is 0 Å². The van der Waals surface area contributed by atoms with Crippen molar-refractivity contribution < 1.29 is 33.8 Å².